The summed E-state index contributed by atoms with van der Waals surface area (Å²) in [6, 6.07) is 0.0873. The van der Waals surface area contributed by atoms with E-state index in [0.29, 0.717) is 26.2 Å². The molecule has 1 atom stereocenters. The van der Waals surface area contributed by atoms with Gasteiger partial charge in [0.2, 0.25) is 5.91 Å². The summed E-state index contributed by atoms with van der Waals surface area (Å²) in [5, 5.41) is 3.15. The Hall–Kier alpha value is -0.650. The number of nitrogens with zero attached hydrogens (tertiary/aromatic N) is 1. The Kier molecular flexibility index (Phi) is 10.1. The highest BCUT2D eigenvalue weighted by Gasteiger charge is 2.18. The van der Waals surface area contributed by atoms with Crippen LogP contribution >= 0.6 is 0 Å². The maximum absolute atomic E-state index is 12.0. The third kappa shape index (κ3) is 7.31. The van der Waals surface area contributed by atoms with Crippen molar-refractivity contribution in [3.8, 4) is 0 Å². The van der Waals surface area contributed by atoms with Crippen LogP contribution < -0.4 is 5.32 Å². The van der Waals surface area contributed by atoms with Gasteiger partial charge in [0.15, 0.2) is 0 Å². The number of carbonyl (C=O) groups is 1. The van der Waals surface area contributed by atoms with Crippen molar-refractivity contribution in [2.75, 3.05) is 47.1 Å². The van der Waals surface area contributed by atoms with Crippen molar-refractivity contribution in [1.82, 2.24) is 10.2 Å². The van der Waals surface area contributed by atoms with Gasteiger partial charge in [-0.2, -0.15) is 0 Å². The molecule has 0 bridgehead atoms. The molecule has 0 fully saturated rings. The fourth-order valence-corrected chi connectivity index (χ4v) is 1.63. The molecular formula is C12H26N2O3. The SMILES string of the molecule is CCNCCC(=O)N(CCOC)C(C)COC. The first-order valence-corrected chi connectivity index (χ1v) is 6.15. The number of amides is 1. The number of rotatable bonds is 10. The molecule has 0 rings (SSSR count). The normalized spacial score (nSPS) is 12.5. The van der Waals surface area contributed by atoms with E-state index < -0.39 is 0 Å². The van der Waals surface area contributed by atoms with Crippen molar-refractivity contribution in [2.24, 2.45) is 0 Å². The Morgan fingerprint density at radius 3 is 2.59 bits per heavy atom. The molecule has 0 saturated heterocycles. The van der Waals surface area contributed by atoms with E-state index in [2.05, 4.69) is 5.32 Å². The van der Waals surface area contributed by atoms with Crippen LogP contribution in [0.2, 0.25) is 0 Å². The monoisotopic (exact) mass is 246 g/mol. The summed E-state index contributed by atoms with van der Waals surface area (Å²) in [5.41, 5.74) is 0. The fourth-order valence-electron chi connectivity index (χ4n) is 1.63. The summed E-state index contributed by atoms with van der Waals surface area (Å²) in [6.07, 6.45) is 0.519. The second-order valence-electron chi connectivity index (χ2n) is 3.99. The summed E-state index contributed by atoms with van der Waals surface area (Å²) >= 11 is 0. The molecule has 0 spiro atoms. The largest absolute Gasteiger partial charge is 0.383 e. The molecular weight excluding hydrogens is 220 g/mol. The van der Waals surface area contributed by atoms with Crippen LogP contribution in [0.15, 0.2) is 0 Å². The highest BCUT2D eigenvalue weighted by atomic mass is 16.5. The van der Waals surface area contributed by atoms with Crippen LogP contribution in [0.25, 0.3) is 0 Å². The molecule has 5 heteroatoms. The molecule has 0 saturated carbocycles. The van der Waals surface area contributed by atoms with Gasteiger partial charge in [0.05, 0.1) is 19.3 Å². The number of methoxy groups -OCH3 is 2. The highest BCUT2D eigenvalue weighted by Crippen LogP contribution is 2.03. The van der Waals surface area contributed by atoms with Crippen molar-refractivity contribution >= 4 is 5.91 Å². The lowest BCUT2D eigenvalue weighted by Crippen LogP contribution is -2.43. The lowest BCUT2D eigenvalue weighted by molar-refractivity contribution is -0.134. The van der Waals surface area contributed by atoms with Gasteiger partial charge in [-0.1, -0.05) is 6.92 Å². The Morgan fingerprint density at radius 1 is 1.35 bits per heavy atom. The molecule has 0 aliphatic carbocycles. The van der Waals surface area contributed by atoms with E-state index in [1.807, 2.05) is 18.7 Å². The van der Waals surface area contributed by atoms with Crippen molar-refractivity contribution in [3.05, 3.63) is 0 Å². The van der Waals surface area contributed by atoms with Crippen LogP contribution in [0.5, 0.6) is 0 Å². The maximum atomic E-state index is 12.0. The third-order valence-corrected chi connectivity index (χ3v) is 2.56. The predicted octanol–water partition coefficient (Wildman–Crippen LogP) is 0.496. The van der Waals surface area contributed by atoms with Crippen LogP contribution in [-0.4, -0.2) is 63.9 Å². The van der Waals surface area contributed by atoms with Crippen LogP contribution in [-0.2, 0) is 14.3 Å². The molecule has 0 heterocycles. The van der Waals surface area contributed by atoms with E-state index in [-0.39, 0.29) is 11.9 Å². The lowest BCUT2D eigenvalue weighted by Gasteiger charge is -2.28. The van der Waals surface area contributed by atoms with E-state index in [9.17, 15) is 4.79 Å². The topological polar surface area (TPSA) is 50.8 Å². The number of ether oxygens (including phenoxy) is 2. The average Bonchev–Trinajstić information content (AvgIpc) is 2.30. The number of hydrogen-bond donors (Lipinski definition) is 1. The van der Waals surface area contributed by atoms with Crippen molar-refractivity contribution in [2.45, 2.75) is 26.3 Å². The van der Waals surface area contributed by atoms with Gasteiger partial charge in [-0.3, -0.25) is 4.79 Å². The summed E-state index contributed by atoms with van der Waals surface area (Å²) in [6.45, 7) is 7.35. The van der Waals surface area contributed by atoms with E-state index in [1.54, 1.807) is 14.2 Å². The molecule has 1 unspecified atom stereocenters. The van der Waals surface area contributed by atoms with Gasteiger partial charge in [-0.25, -0.2) is 0 Å². The minimum absolute atomic E-state index is 0.0873. The van der Waals surface area contributed by atoms with E-state index >= 15 is 0 Å². The molecule has 0 radical (unpaired) electrons. The van der Waals surface area contributed by atoms with Crippen molar-refractivity contribution in [1.29, 1.82) is 0 Å². The third-order valence-electron chi connectivity index (χ3n) is 2.56. The molecule has 5 nitrogen and oxygen atoms in total. The van der Waals surface area contributed by atoms with Gasteiger partial charge in [0.1, 0.15) is 0 Å². The summed E-state index contributed by atoms with van der Waals surface area (Å²) < 4.78 is 10.1. The smallest absolute Gasteiger partial charge is 0.224 e. The second-order valence-corrected chi connectivity index (χ2v) is 3.99. The van der Waals surface area contributed by atoms with E-state index in [1.165, 1.54) is 0 Å². The Balaban J connectivity index is 4.18. The molecule has 17 heavy (non-hydrogen) atoms. The van der Waals surface area contributed by atoms with E-state index in [4.69, 9.17) is 9.47 Å². The lowest BCUT2D eigenvalue weighted by atomic mass is 10.2. The zero-order valence-corrected chi connectivity index (χ0v) is 11.5. The minimum atomic E-state index is 0.0873. The average molecular weight is 246 g/mol. The first-order chi connectivity index (χ1) is 8.17. The van der Waals surface area contributed by atoms with E-state index in [0.717, 1.165) is 13.1 Å². The minimum Gasteiger partial charge on any atom is -0.383 e. The van der Waals surface area contributed by atoms with Crippen LogP contribution in [0.4, 0.5) is 0 Å². The zero-order valence-electron chi connectivity index (χ0n) is 11.5. The number of hydrogen-bond acceptors (Lipinski definition) is 4. The van der Waals surface area contributed by atoms with Gasteiger partial charge in [0.25, 0.3) is 0 Å². The molecule has 1 amide bonds. The van der Waals surface area contributed by atoms with Gasteiger partial charge < -0.3 is 19.7 Å². The van der Waals surface area contributed by atoms with Gasteiger partial charge in [-0.05, 0) is 13.5 Å². The Labute approximate surface area is 104 Å². The summed E-state index contributed by atoms with van der Waals surface area (Å²) in [7, 11) is 3.29. The van der Waals surface area contributed by atoms with Crippen molar-refractivity contribution < 1.29 is 14.3 Å². The van der Waals surface area contributed by atoms with Crippen molar-refractivity contribution in [3.63, 3.8) is 0 Å². The van der Waals surface area contributed by atoms with Crippen LogP contribution in [0, 0.1) is 0 Å². The first kappa shape index (κ1) is 16.4. The van der Waals surface area contributed by atoms with Crippen LogP contribution in [0.1, 0.15) is 20.3 Å². The second kappa shape index (κ2) is 10.5. The molecule has 0 aliphatic heterocycles. The van der Waals surface area contributed by atoms with Gasteiger partial charge in [0, 0.05) is 33.7 Å². The summed E-state index contributed by atoms with van der Waals surface area (Å²) in [4.78, 5) is 13.8. The molecule has 102 valence electrons. The first-order valence-electron chi connectivity index (χ1n) is 6.15. The number of nitrogens with one attached hydrogen (secondary N) is 1. The molecule has 0 aromatic heterocycles. The Bertz CT molecular complexity index is 200. The Morgan fingerprint density at radius 2 is 2.06 bits per heavy atom. The number of carbonyl (C=O) groups excluding carboxylic acids is 1. The molecule has 0 aliphatic rings. The molecule has 0 aromatic carbocycles. The zero-order chi connectivity index (χ0) is 13.1. The van der Waals surface area contributed by atoms with Gasteiger partial charge in [-0.15, -0.1) is 0 Å². The molecule has 0 aromatic rings. The van der Waals surface area contributed by atoms with Gasteiger partial charge >= 0.3 is 0 Å². The fraction of sp³-hybridized carbons (Fsp3) is 0.917. The predicted molar refractivity (Wildman–Crippen MR) is 68.1 cm³/mol. The maximum Gasteiger partial charge on any atom is 0.224 e. The van der Waals surface area contributed by atoms with Crippen LogP contribution in [0.3, 0.4) is 0 Å². The molecule has 1 N–H and O–H groups in total. The quantitative estimate of drug-likeness (QED) is 0.570. The highest BCUT2D eigenvalue weighted by molar-refractivity contribution is 5.76. The summed E-state index contributed by atoms with van der Waals surface area (Å²) in [5.74, 6) is 0.146. The standard InChI is InChI=1S/C12H26N2O3/c1-5-13-7-6-12(15)14(8-9-16-3)11(2)10-17-4/h11,13H,5-10H2,1-4H3.